The van der Waals surface area contributed by atoms with Crippen molar-refractivity contribution in [1.82, 2.24) is 4.90 Å². The maximum atomic E-state index is 11.2. The van der Waals surface area contributed by atoms with Gasteiger partial charge in [0.1, 0.15) is 5.60 Å². The summed E-state index contributed by atoms with van der Waals surface area (Å²) < 4.78 is 0. The summed E-state index contributed by atoms with van der Waals surface area (Å²) >= 11 is 0. The van der Waals surface area contributed by atoms with Crippen molar-refractivity contribution in [2.75, 3.05) is 13.6 Å². The van der Waals surface area contributed by atoms with E-state index in [0.717, 1.165) is 11.1 Å². The lowest BCUT2D eigenvalue weighted by molar-refractivity contribution is -0.160. The van der Waals surface area contributed by atoms with Crippen molar-refractivity contribution in [3.63, 3.8) is 0 Å². The molecule has 1 saturated heterocycles. The molecule has 3 atom stereocenters. The van der Waals surface area contributed by atoms with Gasteiger partial charge in [-0.2, -0.15) is 0 Å². The molecule has 124 valence electrons. The van der Waals surface area contributed by atoms with Crippen LogP contribution in [0.2, 0.25) is 0 Å². The van der Waals surface area contributed by atoms with Crippen molar-refractivity contribution >= 4 is 0 Å². The quantitative estimate of drug-likeness (QED) is 0.794. The molecule has 1 heterocycles. The Hall–Kier alpha value is -2.12. The van der Waals surface area contributed by atoms with Crippen LogP contribution in [0, 0.1) is 11.8 Å². The van der Waals surface area contributed by atoms with E-state index in [1.165, 1.54) is 0 Å². The van der Waals surface area contributed by atoms with Crippen molar-refractivity contribution in [2.24, 2.45) is 0 Å². The third-order valence-corrected chi connectivity index (χ3v) is 4.84. The molecule has 1 aliphatic rings. The van der Waals surface area contributed by atoms with E-state index < -0.39 is 11.2 Å². The molecule has 0 spiro atoms. The van der Waals surface area contributed by atoms with Gasteiger partial charge in [0.25, 0.3) is 0 Å². The Balaban J connectivity index is 1.94. The van der Waals surface area contributed by atoms with E-state index in [1.807, 2.05) is 67.7 Å². The molecule has 24 heavy (non-hydrogen) atoms. The van der Waals surface area contributed by atoms with Gasteiger partial charge in [-0.1, -0.05) is 60.4 Å². The number of hydrogen-bond acceptors (Lipinski definition) is 3. The molecule has 1 aliphatic heterocycles. The molecule has 0 saturated carbocycles. The Morgan fingerprint density at radius 2 is 1.58 bits per heavy atom. The minimum Gasteiger partial charge on any atom is -0.385 e. The third-order valence-electron chi connectivity index (χ3n) is 4.84. The molecule has 3 heteroatoms. The Morgan fingerprint density at radius 1 is 1.00 bits per heavy atom. The van der Waals surface area contributed by atoms with Crippen LogP contribution in [0.15, 0.2) is 60.7 Å². The summed E-state index contributed by atoms with van der Waals surface area (Å²) in [5, 5.41) is 22.0. The van der Waals surface area contributed by atoms with Gasteiger partial charge in [0, 0.05) is 24.6 Å². The number of likely N-dealkylation sites (N-methyl/N-ethyl adjacent to an activating group) is 1. The summed E-state index contributed by atoms with van der Waals surface area (Å²) in [5.41, 5.74) is -0.808. The van der Waals surface area contributed by atoms with Gasteiger partial charge in [-0.05, 0) is 31.7 Å². The van der Waals surface area contributed by atoms with Crippen molar-refractivity contribution < 1.29 is 10.2 Å². The minimum absolute atomic E-state index is 0.0153. The molecule has 2 aromatic rings. The SMILES string of the molecule is CN1C[C@](C)(O)[C@](O)(C#Cc2ccccc2)C[C@H]1c1ccccc1. The summed E-state index contributed by atoms with van der Waals surface area (Å²) in [6.07, 6.45) is 0.361. The first-order valence-electron chi connectivity index (χ1n) is 8.19. The zero-order chi connectivity index (χ0) is 17.2. The van der Waals surface area contributed by atoms with Crippen LogP contribution >= 0.6 is 0 Å². The molecule has 3 rings (SSSR count). The first-order chi connectivity index (χ1) is 11.4. The molecule has 0 bridgehead atoms. The van der Waals surface area contributed by atoms with Gasteiger partial charge in [-0.15, -0.1) is 0 Å². The lowest BCUT2D eigenvalue weighted by Crippen LogP contribution is -2.62. The Labute approximate surface area is 143 Å². The molecular formula is C21H23NO2. The number of piperidine rings is 1. The van der Waals surface area contributed by atoms with Gasteiger partial charge in [0.2, 0.25) is 0 Å². The summed E-state index contributed by atoms with van der Waals surface area (Å²) in [7, 11) is 1.97. The van der Waals surface area contributed by atoms with Crippen LogP contribution in [0.3, 0.4) is 0 Å². The van der Waals surface area contributed by atoms with Crippen molar-refractivity contribution in [1.29, 1.82) is 0 Å². The third kappa shape index (κ3) is 3.22. The summed E-state index contributed by atoms with van der Waals surface area (Å²) in [6, 6.07) is 19.6. The van der Waals surface area contributed by atoms with Crippen molar-refractivity contribution in [3.05, 3.63) is 71.8 Å². The van der Waals surface area contributed by atoms with E-state index in [0.29, 0.717) is 13.0 Å². The highest BCUT2D eigenvalue weighted by Crippen LogP contribution is 2.40. The summed E-state index contributed by atoms with van der Waals surface area (Å²) in [4.78, 5) is 2.08. The molecule has 0 radical (unpaired) electrons. The number of rotatable bonds is 1. The van der Waals surface area contributed by atoms with Crippen molar-refractivity contribution in [3.8, 4) is 11.8 Å². The number of benzene rings is 2. The van der Waals surface area contributed by atoms with Crippen LogP contribution in [0.1, 0.15) is 30.5 Å². The summed E-state index contributed by atoms with van der Waals surface area (Å²) in [5.74, 6) is 5.97. The van der Waals surface area contributed by atoms with E-state index in [9.17, 15) is 10.2 Å². The van der Waals surface area contributed by atoms with Crippen LogP contribution in [0.4, 0.5) is 0 Å². The van der Waals surface area contributed by atoms with E-state index >= 15 is 0 Å². The highest BCUT2D eigenvalue weighted by Gasteiger charge is 2.51. The van der Waals surface area contributed by atoms with Gasteiger partial charge in [0.15, 0.2) is 5.60 Å². The highest BCUT2D eigenvalue weighted by atomic mass is 16.4. The normalized spacial score (nSPS) is 30.4. The molecule has 3 nitrogen and oxygen atoms in total. The second kappa shape index (κ2) is 6.41. The number of aliphatic hydroxyl groups is 2. The molecule has 2 aromatic carbocycles. The second-order valence-electron chi connectivity index (χ2n) is 6.80. The monoisotopic (exact) mass is 321 g/mol. The van der Waals surface area contributed by atoms with E-state index in [-0.39, 0.29) is 6.04 Å². The predicted molar refractivity (Wildman–Crippen MR) is 95.3 cm³/mol. The lowest BCUT2D eigenvalue weighted by atomic mass is 9.74. The van der Waals surface area contributed by atoms with Gasteiger partial charge < -0.3 is 10.2 Å². The summed E-state index contributed by atoms with van der Waals surface area (Å²) in [6.45, 7) is 2.01. The van der Waals surface area contributed by atoms with Crippen LogP contribution in [0.5, 0.6) is 0 Å². The smallest absolute Gasteiger partial charge is 0.157 e. The molecule has 0 amide bonds. The standard InChI is InChI=1S/C21H23NO2/c1-20(23)16-22(2)19(18-11-7-4-8-12-18)15-21(20,24)14-13-17-9-5-3-6-10-17/h3-12,19,23-24H,15-16H2,1-2H3/t19-,20-,21-/m0/s1. The predicted octanol–water partition coefficient (Wildman–Crippen LogP) is 2.60. The van der Waals surface area contributed by atoms with Crippen LogP contribution in [0.25, 0.3) is 0 Å². The first-order valence-corrected chi connectivity index (χ1v) is 8.19. The molecular weight excluding hydrogens is 298 g/mol. The van der Waals surface area contributed by atoms with Gasteiger partial charge >= 0.3 is 0 Å². The number of likely N-dealkylation sites (tertiary alicyclic amines) is 1. The number of nitrogens with zero attached hydrogens (tertiary/aromatic N) is 1. The van der Waals surface area contributed by atoms with Gasteiger partial charge in [-0.25, -0.2) is 0 Å². The maximum Gasteiger partial charge on any atom is 0.157 e. The van der Waals surface area contributed by atoms with E-state index in [1.54, 1.807) is 6.92 Å². The first kappa shape index (κ1) is 16.7. The van der Waals surface area contributed by atoms with Gasteiger partial charge in [-0.3, -0.25) is 4.90 Å². The molecule has 0 aromatic heterocycles. The Bertz CT molecular complexity index is 746. The largest absolute Gasteiger partial charge is 0.385 e. The van der Waals surface area contributed by atoms with E-state index in [4.69, 9.17) is 0 Å². The fraction of sp³-hybridized carbons (Fsp3) is 0.333. The minimum atomic E-state index is -1.46. The maximum absolute atomic E-state index is 11.2. The second-order valence-corrected chi connectivity index (χ2v) is 6.80. The highest BCUT2D eigenvalue weighted by molar-refractivity contribution is 5.38. The Morgan fingerprint density at radius 3 is 2.21 bits per heavy atom. The molecule has 2 N–H and O–H groups in total. The zero-order valence-electron chi connectivity index (χ0n) is 14.1. The van der Waals surface area contributed by atoms with Crippen LogP contribution in [-0.2, 0) is 0 Å². The zero-order valence-corrected chi connectivity index (χ0v) is 14.1. The molecule has 1 fully saturated rings. The van der Waals surface area contributed by atoms with Crippen LogP contribution in [-0.4, -0.2) is 39.9 Å². The molecule has 0 unspecified atom stereocenters. The fourth-order valence-electron chi connectivity index (χ4n) is 3.31. The number of β-amino-alcohol motifs (C(OH)–C–C–N with tert-alkyl or cyclic N) is 1. The van der Waals surface area contributed by atoms with Crippen molar-refractivity contribution in [2.45, 2.75) is 30.6 Å². The molecule has 0 aliphatic carbocycles. The number of hydrogen-bond donors (Lipinski definition) is 2. The van der Waals surface area contributed by atoms with Gasteiger partial charge in [0.05, 0.1) is 0 Å². The van der Waals surface area contributed by atoms with Crippen LogP contribution < -0.4 is 0 Å². The average Bonchev–Trinajstić information content (AvgIpc) is 2.58. The lowest BCUT2D eigenvalue weighted by Gasteiger charge is -2.49. The van der Waals surface area contributed by atoms with E-state index in [2.05, 4.69) is 16.7 Å². The Kier molecular flexibility index (Phi) is 4.47. The fourth-order valence-corrected chi connectivity index (χ4v) is 3.31. The average molecular weight is 321 g/mol. The topological polar surface area (TPSA) is 43.7 Å².